The first-order chi connectivity index (χ1) is 18.4. The number of aliphatic carboxylic acids is 8. The van der Waals surface area contributed by atoms with Crippen LogP contribution in [0.25, 0.3) is 0 Å². The van der Waals surface area contributed by atoms with Crippen molar-refractivity contribution in [1.82, 2.24) is 19.6 Å². The first-order valence-corrected chi connectivity index (χ1v) is 11.0. The number of carboxylic acid groups (broad SMARTS) is 8. The molecule has 0 aliphatic rings. The molecule has 0 aromatic rings. The van der Waals surface area contributed by atoms with E-state index >= 15 is 0 Å². The Kier molecular flexibility index (Phi) is 41.4. The Hall–Kier alpha value is -0.400. The minimum Gasteiger partial charge on any atom is -1.00 e. The van der Waals surface area contributed by atoms with E-state index in [0.717, 1.165) is 19.6 Å². The van der Waals surface area contributed by atoms with Crippen LogP contribution >= 0.6 is 0 Å². The summed E-state index contributed by atoms with van der Waals surface area (Å²) in [6.45, 7) is -4.50. The van der Waals surface area contributed by atoms with Crippen LogP contribution in [-0.2, 0) is 38.4 Å². The van der Waals surface area contributed by atoms with Gasteiger partial charge in [0.25, 0.3) is 0 Å². The fraction of sp³-hybridized carbons (Fsp3) is 0.600. The van der Waals surface area contributed by atoms with Gasteiger partial charge in [0.05, 0.1) is 52.4 Å². The average molecular weight is 680 g/mol. The molecule has 20 nitrogen and oxygen atoms in total. The average Bonchev–Trinajstić information content (AvgIpc) is 2.72. The van der Waals surface area contributed by atoms with Gasteiger partial charge in [-0.05, 0) is 0 Å². The van der Waals surface area contributed by atoms with Gasteiger partial charge < -0.3 is 46.6 Å². The van der Waals surface area contributed by atoms with E-state index in [9.17, 15) is 38.4 Å². The fourth-order valence-electron chi connectivity index (χ4n) is 2.95. The van der Waals surface area contributed by atoms with E-state index in [1.54, 1.807) is 0 Å². The van der Waals surface area contributed by atoms with Gasteiger partial charge in [-0.2, -0.15) is 0 Å². The van der Waals surface area contributed by atoms with Gasteiger partial charge in [0.1, 0.15) is 0 Å². The molecule has 24 heteroatoms. The Bertz CT molecular complexity index is 742. The molecule has 0 unspecified atom stereocenters. The topological polar surface area (TPSA) is 311 Å². The molecule has 0 aliphatic carbocycles. The Balaban J connectivity index is -0.0000000645. The molecule has 236 valence electrons. The molecule has 0 bridgehead atoms. The summed E-state index contributed by atoms with van der Waals surface area (Å²) in [5.41, 5.74) is 0. The van der Waals surface area contributed by atoms with Gasteiger partial charge in [-0.15, -0.1) is 0 Å². The summed E-state index contributed by atoms with van der Waals surface area (Å²) < 4.78 is 0. The summed E-state index contributed by atoms with van der Waals surface area (Å²) in [6, 6.07) is 0. The molecule has 0 rings (SSSR count). The van der Waals surface area contributed by atoms with Crippen LogP contribution in [0.3, 0.4) is 0 Å². The summed E-state index contributed by atoms with van der Waals surface area (Å²) in [6.07, 6.45) is 0. The Morgan fingerprint density at radius 1 is 0.295 bits per heavy atom. The predicted molar refractivity (Wildman–Crippen MR) is 131 cm³/mol. The minimum atomic E-state index is -1.23. The van der Waals surface area contributed by atoms with Gasteiger partial charge in [0.15, 0.2) is 0 Å². The van der Waals surface area contributed by atoms with Gasteiger partial charge in [0.2, 0.25) is 0 Å². The Morgan fingerprint density at radius 3 is 0.455 bits per heavy atom. The summed E-state index contributed by atoms with van der Waals surface area (Å²) in [4.78, 5) is 88.7. The monoisotopic (exact) mass is 680 g/mol. The molecule has 0 fully saturated rings. The third-order valence-electron chi connectivity index (χ3n) is 4.34. The first kappa shape index (κ1) is 56.0. The van der Waals surface area contributed by atoms with Gasteiger partial charge in [-0.25, -0.2) is 0 Å². The molecule has 0 saturated heterocycles. The predicted octanol–water partition coefficient (Wildman–Crippen LogP) is -15.7. The number of rotatable bonds is 22. The van der Waals surface area contributed by atoms with E-state index in [2.05, 4.69) is 0 Å². The quantitative estimate of drug-likeness (QED) is 0.0492. The van der Waals surface area contributed by atoms with Crippen molar-refractivity contribution in [3.8, 4) is 0 Å². The molecule has 0 atom stereocenters. The molecule has 0 spiro atoms. The van der Waals surface area contributed by atoms with Crippen LogP contribution in [-0.4, -0.2) is 187 Å². The summed E-state index contributed by atoms with van der Waals surface area (Å²) in [5.74, 6) is -9.82. The van der Waals surface area contributed by atoms with Crippen LogP contribution in [0.5, 0.6) is 0 Å². The van der Waals surface area contributed by atoms with Crippen LogP contribution in [0.15, 0.2) is 0 Å². The third kappa shape index (κ3) is 39.6. The van der Waals surface area contributed by atoms with E-state index < -0.39 is 100 Å². The van der Waals surface area contributed by atoms with Crippen LogP contribution in [0.4, 0.5) is 0 Å². The normalized spacial score (nSPS) is 9.73. The van der Waals surface area contributed by atoms with Gasteiger partial charge in [-0.3, -0.25) is 58.0 Å². The van der Waals surface area contributed by atoms with Crippen molar-refractivity contribution in [1.29, 1.82) is 0 Å². The van der Waals surface area contributed by atoms with Crippen molar-refractivity contribution in [2.75, 3.05) is 78.5 Å². The maximum absolute atomic E-state index is 10.6. The van der Waals surface area contributed by atoms with E-state index in [1.165, 1.54) is 0 Å². The molecule has 0 aromatic carbocycles. The van der Waals surface area contributed by atoms with Crippen molar-refractivity contribution in [2.45, 2.75) is 0 Å². The molecule has 0 aromatic heterocycles. The zero-order valence-electron chi connectivity index (χ0n) is 29.1. The fourth-order valence-corrected chi connectivity index (χ4v) is 2.95. The maximum Gasteiger partial charge on any atom is 1.00 e. The van der Waals surface area contributed by atoms with E-state index in [-0.39, 0.29) is 150 Å². The largest absolute Gasteiger partial charge is 1.00 e. The standard InChI is InChI=1S/2C10H16N2O8.4Na.4H/c2*13-7(14)3-11(4-8(15)16)1-2-12(5-9(17)18)6-10(19)20;;;;;;;;/h2*1-6H2,(H,13,14)(H,15,16)(H,17,18)(H,19,20);;;;;;;;/q;;4*+1;4*-1. The van der Waals surface area contributed by atoms with Crippen LogP contribution in [0.2, 0.25) is 0 Å². The van der Waals surface area contributed by atoms with Crippen molar-refractivity contribution >= 4 is 47.8 Å². The SMILES string of the molecule is O=C(O)CN(CCN(CC(=O)O)CC(=O)O)CC(=O)O.O=C(O)CN(CCN(CC(=O)O)CC(=O)O)CC(=O)O.[H-].[H-].[H-].[H-].[Na+].[Na+].[Na+].[Na+]. The summed E-state index contributed by atoms with van der Waals surface area (Å²) in [7, 11) is 0. The third-order valence-corrected chi connectivity index (χ3v) is 4.34. The molecular formula is C20H36N4Na4O16. The second-order valence-corrected chi connectivity index (χ2v) is 7.99. The molecular weight excluding hydrogens is 644 g/mol. The molecule has 0 radical (unpaired) electrons. The van der Waals surface area contributed by atoms with E-state index in [0.29, 0.717) is 0 Å². The van der Waals surface area contributed by atoms with Crippen molar-refractivity contribution in [3.63, 3.8) is 0 Å². The number of nitrogens with zero attached hydrogens (tertiary/aromatic N) is 4. The number of carboxylic acids is 8. The van der Waals surface area contributed by atoms with E-state index in [4.69, 9.17) is 40.9 Å². The van der Waals surface area contributed by atoms with Crippen molar-refractivity contribution < 1.29 is 203 Å². The van der Waals surface area contributed by atoms with Crippen LogP contribution in [0.1, 0.15) is 5.71 Å². The zero-order chi connectivity index (χ0) is 31.4. The number of hydrogen-bond acceptors (Lipinski definition) is 12. The summed E-state index contributed by atoms with van der Waals surface area (Å²) >= 11 is 0. The van der Waals surface area contributed by atoms with E-state index in [1.807, 2.05) is 0 Å². The molecule has 0 amide bonds. The minimum absolute atomic E-state index is 0. The second kappa shape index (κ2) is 32.5. The van der Waals surface area contributed by atoms with Gasteiger partial charge in [0, 0.05) is 26.2 Å². The number of carbonyl (C=O) groups is 8. The Labute approximate surface area is 345 Å². The molecule has 0 saturated carbocycles. The molecule has 0 heterocycles. The van der Waals surface area contributed by atoms with Crippen molar-refractivity contribution in [3.05, 3.63) is 0 Å². The molecule has 8 N–H and O–H groups in total. The Morgan fingerprint density at radius 2 is 0.386 bits per heavy atom. The van der Waals surface area contributed by atoms with Gasteiger partial charge >= 0.3 is 166 Å². The molecule has 0 aliphatic heterocycles. The number of hydrogen-bond donors (Lipinski definition) is 8. The maximum atomic E-state index is 10.6. The van der Waals surface area contributed by atoms with Crippen molar-refractivity contribution in [2.24, 2.45) is 0 Å². The van der Waals surface area contributed by atoms with Gasteiger partial charge in [-0.1, -0.05) is 0 Å². The smallest absolute Gasteiger partial charge is 1.00 e. The summed E-state index contributed by atoms with van der Waals surface area (Å²) in [5, 5.41) is 68.9. The van der Waals surface area contributed by atoms with Crippen LogP contribution < -0.4 is 118 Å². The van der Waals surface area contributed by atoms with Crippen LogP contribution in [0, 0.1) is 0 Å². The second-order valence-electron chi connectivity index (χ2n) is 7.99. The molecule has 44 heavy (non-hydrogen) atoms. The first-order valence-electron chi connectivity index (χ1n) is 11.0. The zero-order valence-corrected chi connectivity index (χ0v) is 33.1.